The summed E-state index contributed by atoms with van der Waals surface area (Å²) in [4.78, 5) is 44.3. The van der Waals surface area contributed by atoms with E-state index in [9.17, 15) is 14.0 Å². The van der Waals surface area contributed by atoms with Crippen LogP contribution in [0.4, 0.5) is 16.3 Å². The van der Waals surface area contributed by atoms with E-state index in [1.807, 2.05) is 0 Å². The number of anilines is 2. The van der Waals surface area contributed by atoms with Gasteiger partial charge in [0.05, 0.1) is 12.3 Å². The van der Waals surface area contributed by atoms with Gasteiger partial charge in [-0.05, 0) is 6.07 Å². The summed E-state index contributed by atoms with van der Waals surface area (Å²) < 4.78 is 18.3. The Balaban J connectivity index is 1.83. The van der Waals surface area contributed by atoms with Crippen LogP contribution in [-0.2, 0) is 26.4 Å². The number of aromatic nitrogens is 7. The molecule has 0 fully saturated rings. The van der Waals surface area contributed by atoms with E-state index in [0.29, 0.717) is 22.5 Å². The molecule has 2 N–H and O–H groups in total. The maximum Gasteiger partial charge on any atom is 0.332 e. The van der Waals surface area contributed by atoms with E-state index in [2.05, 4.69) is 19.9 Å². The molecule has 0 unspecified atom stereocenters. The van der Waals surface area contributed by atoms with Gasteiger partial charge in [-0.15, -0.1) is 0 Å². The number of imidazole rings is 1. The van der Waals surface area contributed by atoms with E-state index in [4.69, 9.17) is 5.73 Å². The molecule has 3 heterocycles. The number of rotatable bonds is 6. The van der Waals surface area contributed by atoms with Crippen molar-refractivity contribution in [1.29, 1.82) is 0 Å². The van der Waals surface area contributed by atoms with Crippen molar-refractivity contribution in [3.8, 4) is 0 Å². The van der Waals surface area contributed by atoms with Crippen LogP contribution >= 0.6 is 11.8 Å². The highest BCUT2D eigenvalue weighted by Gasteiger charge is 2.21. The largest absolute Gasteiger partial charge is 0.368 e. The van der Waals surface area contributed by atoms with Gasteiger partial charge in [0.25, 0.3) is 5.56 Å². The zero-order valence-corrected chi connectivity index (χ0v) is 19.3. The second-order valence-electron chi connectivity index (χ2n) is 7.54. The summed E-state index contributed by atoms with van der Waals surface area (Å²) in [5.41, 5.74) is 5.60. The van der Waals surface area contributed by atoms with Crippen LogP contribution in [0.5, 0.6) is 0 Å². The highest BCUT2D eigenvalue weighted by molar-refractivity contribution is 7.98. The molecular weight excluding hydrogens is 449 g/mol. The molecule has 33 heavy (non-hydrogen) atoms. The first-order valence-electron chi connectivity index (χ1n) is 9.87. The Labute approximate surface area is 191 Å². The third-order valence-corrected chi connectivity index (χ3v) is 5.99. The number of nitrogens with zero attached hydrogens (tertiary/aromatic N) is 8. The molecule has 172 valence electrons. The minimum absolute atomic E-state index is 0.0568. The second kappa shape index (κ2) is 8.65. The summed E-state index contributed by atoms with van der Waals surface area (Å²) >= 11 is 1.25. The third kappa shape index (κ3) is 4.18. The minimum Gasteiger partial charge on any atom is -0.368 e. The fraction of sp³-hybridized carbons (Fsp3) is 0.300. The van der Waals surface area contributed by atoms with Crippen molar-refractivity contribution >= 4 is 34.8 Å². The minimum atomic E-state index is -0.511. The molecule has 0 radical (unpaired) electrons. The molecule has 0 saturated heterocycles. The number of hydrogen-bond donors (Lipinski definition) is 1. The van der Waals surface area contributed by atoms with E-state index in [-0.39, 0.29) is 29.4 Å². The van der Waals surface area contributed by atoms with Crippen LogP contribution in [-0.4, -0.2) is 47.7 Å². The summed E-state index contributed by atoms with van der Waals surface area (Å²) in [6, 6.07) is 6.30. The topological polar surface area (TPSA) is 130 Å². The van der Waals surface area contributed by atoms with Crippen LogP contribution < -0.4 is 21.9 Å². The summed E-state index contributed by atoms with van der Waals surface area (Å²) in [5.74, 6) is 0.775. The first-order valence-corrected chi connectivity index (χ1v) is 10.9. The van der Waals surface area contributed by atoms with Crippen LogP contribution in [0, 0.1) is 5.82 Å². The van der Waals surface area contributed by atoms with E-state index in [1.165, 1.54) is 36.5 Å². The van der Waals surface area contributed by atoms with Crippen molar-refractivity contribution in [2.45, 2.75) is 17.5 Å². The van der Waals surface area contributed by atoms with Crippen LogP contribution in [0.15, 0.2) is 39.0 Å². The van der Waals surface area contributed by atoms with Gasteiger partial charge in [0.15, 0.2) is 16.3 Å². The average molecular weight is 472 g/mol. The molecule has 4 aromatic rings. The molecule has 0 saturated carbocycles. The highest BCUT2D eigenvalue weighted by atomic mass is 32.2. The molecule has 0 spiro atoms. The first kappa shape index (κ1) is 22.5. The van der Waals surface area contributed by atoms with Gasteiger partial charge in [0.1, 0.15) is 11.6 Å². The molecule has 0 aliphatic heterocycles. The van der Waals surface area contributed by atoms with E-state index in [0.717, 1.165) is 4.57 Å². The number of nitrogens with two attached hydrogens (primary N) is 1. The molecule has 1 aromatic carbocycles. The van der Waals surface area contributed by atoms with E-state index < -0.39 is 17.1 Å². The van der Waals surface area contributed by atoms with Crippen LogP contribution in [0.2, 0.25) is 0 Å². The molecular formula is C20H22FN9O2S. The van der Waals surface area contributed by atoms with Crippen LogP contribution in [0.1, 0.15) is 11.4 Å². The lowest BCUT2D eigenvalue weighted by molar-refractivity contribution is 0.593. The van der Waals surface area contributed by atoms with E-state index >= 15 is 0 Å². The molecule has 0 bridgehead atoms. The zero-order valence-electron chi connectivity index (χ0n) is 18.5. The maximum absolute atomic E-state index is 14.4. The molecule has 0 amide bonds. The average Bonchev–Trinajstić information content (AvgIpc) is 3.14. The van der Waals surface area contributed by atoms with Crippen molar-refractivity contribution in [3.05, 3.63) is 62.3 Å². The number of aryl methyl sites for hydroxylation is 1. The lowest BCUT2D eigenvalue weighted by atomic mass is 10.2. The van der Waals surface area contributed by atoms with Gasteiger partial charge in [-0.2, -0.15) is 15.0 Å². The Bertz CT molecular complexity index is 1480. The fourth-order valence-corrected chi connectivity index (χ4v) is 4.15. The second-order valence-corrected chi connectivity index (χ2v) is 8.49. The Morgan fingerprint density at radius 2 is 1.79 bits per heavy atom. The van der Waals surface area contributed by atoms with Crippen molar-refractivity contribution in [2.75, 3.05) is 24.7 Å². The molecule has 0 aliphatic carbocycles. The summed E-state index contributed by atoms with van der Waals surface area (Å²) in [6.45, 7) is 0.0568. The highest BCUT2D eigenvalue weighted by Crippen LogP contribution is 2.26. The van der Waals surface area contributed by atoms with Gasteiger partial charge < -0.3 is 15.2 Å². The van der Waals surface area contributed by atoms with Gasteiger partial charge in [-0.1, -0.05) is 30.0 Å². The van der Waals surface area contributed by atoms with Crippen LogP contribution in [0.3, 0.4) is 0 Å². The lowest BCUT2D eigenvalue weighted by Gasteiger charge is -2.12. The molecule has 3 aromatic heterocycles. The monoisotopic (exact) mass is 471 g/mol. The molecule has 0 atom stereocenters. The molecule has 13 heteroatoms. The summed E-state index contributed by atoms with van der Waals surface area (Å²) in [6.07, 6.45) is 0. The number of hydrogen-bond acceptors (Lipinski definition) is 9. The Kier molecular flexibility index (Phi) is 5.89. The number of fused-ring (bicyclic) bond motifs is 1. The predicted molar refractivity (Wildman–Crippen MR) is 124 cm³/mol. The molecule has 11 nitrogen and oxygen atoms in total. The van der Waals surface area contributed by atoms with Gasteiger partial charge in [0.2, 0.25) is 11.9 Å². The number of benzene rings is 1. The summed E-state index contributed by atoms with van der Waals surface area (Å²) in [7, 11) is 6.51. The van der Waals surface area contributed by atoms with Gasteiger partial charge in [-0.3, -0.25) is 13.9 Å². The van der Waals surface area contributed by atoms with E-state index in [1.54, 1.807) is 41.8 Å². The van der Waals surface area contributed by atoms with Gasteiger partial charge >= 0.3 is 5.69 Å². The smallest absolute Gasteiger partial charge is 0.332 e. The SMILES string of the molecule is CN(C)c1nc(N)nc(CSc2nc3c(c(=O)n(C)c(=O)n3C)n2Cc2ccccc2F)n1. The van der Waals surface area contributed by atoms with Crippen molar-refractivity contribution in [2.24, 2.45) is 14.1 Å². The van der Waals surface area contributed by atoms with Crippen LogP contribution in [0.25, 0.3) is 11.2 Å². The fourth-order valence-electron chi connectivity index (χ4n) is 3.30. The Hall–Kier alpha value is -3.74. The Morgan fingerprint density at radius 1 is 1.06 bits per heavy atom. The maximum atomic E-state index is 14.4. The molecule has 4 rings (SSSR count). The number of halogens is 1. The summed E-state index contributed by atoms with van der Waals surface area (Å²) in [5, 5.41) is 0.414. The number of thioether (sulfide) groups is 1. The third-order valence-electron chi connectivity index (χ3n) is 5.02. The number of nitrogen functional groups attached to an aromatic ring is 1. The normalized spacial score (nSPS) is 11.3. The zero-order chi connectivity index (χ0) is 23.9. The quantitative estimate of drug-likeness (QED) is 0.405. The van der Waals surface area contributed by atoms with Gasteiger partial charge in [-0.25, -0.2) is 14.2 Å². The van der Waals surface area contributed by atoms with Crippen molar-refractivity contribution < 1.29 is 4.39 Å². The van der Waals surface area contributed by atoms with Gasteiger partial charge in [0, 0.05) is 33.8 Å². The predicted octanol–water partition coefficient (Wildman–Crippen LogP) is 0.747. The Morgan fingerprint density at radius 3 is 2.48 bits per heavy atom. The standard InChI is InChI=1S/C20H22FN9O2S/c1-27(2)18-24-13(23-17(22)26-18)10-33-19-25-15-14(16(31)29(4)20(32)28(15)3)30(19)9-11-7-5-6-8-12(11)21/h5-8H,9-10H2,1-4H3,(H2,22,23,24,26). The van der Waals surface area contributed by atoms with Crippen molar-refractivity contribution in [3.63, 3.8) is 0 Å². The molecule has 0 aliphatic rings. The first-order chi connectivity index (χ1) is 15.7. The lowest BCUT2D eigenvalue weighted by Crippen LogP contribution is -2.37. The van der Waals surface area contributed by atoms with Crippen molar-refractivity contribution in [1.82, 2.24) is 33.6 Å².